The highest BCUT2D eigenvalue weighted by Gasteiger charge is 2.34. The molecule has 1 aromatic carbocycles. The highest BCUT2D eigenvalue weighted by atomic mass is 35.5. The number of benzene rings is 1. The Kier molecular flexibility index (Phi) is 5.52. The van der Waals surface area contributed by atoms with Gasteiger partial charge in [-0.2, -0.15) is 0 Å². The molecule has 146 valence electrons. The van der Waals surface area contributed by atoms with Crippen LogP contribution in [0.1, 0.15) is 25.3 Å². The van der Waals surface area contributed by atoms with Crippen LogP contribution < -0.4 is 10.7 Å². The molecule has 27 heavy (non-hydrogen) atoms. The Morgan fingerprint density at radius 3 is 2.67 bits per heavy atom. The minimum atomic E-state index is -0.503. The van der Waals surface area contributed by atoms with Crippen molar-refractivity contribution in [3.63, 3.8) is 0 Å². The third-order valence-corrected chi connectivity index (χ3v) is 5.81. The fourth-order valence-electron chi connectivity index (χ4n) is 4.15. The first-order valence-corrected chi connectivity index (χ1v) is 9.89. The van der Waals surface area contributed by atoms with Crippen LogP contribution in [0.15, 0.2) is 33.6 Å². The van der Waals surface area contributed by atoms with Crippen LogP contribution in [0, 0.1) is 0 Å². The normalized spacial score (nSPS) is 25.0. The Labute approximate surface area is 163 Å². The van der Waals surface area contributed by atoms with Crippen LogP contribution in [0.4, 0.5) is 5.95 Å². The summed E-state index contributed by atoms with van der Waals surface area (Å²) in [6, 6.07) is 8.97. The lowest BCUT2D eigenvalue weighted by Crippen LogP contribution is -2.56. The van der Waals surface area contributed by atoms with E-state index in [0.717, 1.165) is 50.5 Å². The van der Waals surface area contributed by atoms with E-state index in [1.165, 1.54) is 5.56 Å². The van der Waals surface area contributed by atoms with Crippen molar-refractivity contribution >= 4 is 17.5 Å². The smallest absolute Gasteiger partial charge is 0.376 e. The van der Waals surface area contributed by atoms with E-state index >= 15 is 0 Å². The minimum Gasteiger partial charge on any atom is -0.376 e. The number of hydrogen-bond acceptors (Lipinski definition) is 6. The number of anilines is 1. The highest BCUT2D eigenvalue weighted by molar-refractivity contribution is 6.30. The Morgan fingerprint density at radius 1 is 1.26 bits per heavy atom. The molecule has 1 aromatic heterocycles. The number of H-pyrrole nitrogens is 1. The average molecular weight is 393 g/mol. The highest BCUT2D eigenvalue weighted by Crippen LogP contribution is 2.26. The van der Waals surface area contributed by atoms with Crippen LogP contribution in [-0.2, 0) is 11.2 Å². The van der Waals surface area contributed by atoms with Gasteiger partial charge in [-0.15, -0.1) is 0 Å². The monoisotopic (exact) mass is 392 g/mol. The van der Waals surface area contributed by atoms with Gasteiger partial charge in [0.2, 0.25) is 5.95 Å². The molecule has 2 aromatic rings. The average Bonchev–Trinajstić information content (AvgIpc) is 3.11. The zero-order valence-corrected chi connectivity index (χ0v) is 16.2. The summed E-state index contributed by atoms with van der Waals surface area (Å²) in [5.41, 5.74) is 1.28. The number of ether oxygens (including phenoxy) is 1. The second kappa shape index (κ2) is 8.04. The molecule has 2 aliphatic heterocycles. The molecule has 0 aliphatic carbocycles. The number of piperidine rings is 1. The molecule has 2 aliphatic rings. The number of rotatable bonds is 4. The number of morpholine rings is 1. The molecule has 0 unspecified atom stereocenters. The summed E-state index contributed by atoms with van der Waals surface area (Å²) in [5, 5.41) is 4.57. The van der Waals surface area contributed by atoms with Crippen LogP contribution in [0.25, 0.3) is 0 Å². The quantitative estimate of drug-likeness (QED) is 0.860. The maximum Gasteiger partial charge on any atom is 0.440 e. The lowest BCUT2D eigenvalue weighted by molar-refractivity contribution is -0.0745. The van der Waals surface area contributed by atoms with Crippen molar-refractivity contribution in [2.45, 2.75) is 44.4 Å². The Morgan fingerprint density at radius 2 is 2.00 bits per heavy atom. The van der Waals surface area contributed by atoms with Crippen molar-refractivity contribution in [2.75, 3.05) is 31.1 Å². The van der Waals surface area contributed by atoms with Crippen molar-refractivity contribution in [1.29, 1.82) is 0 Å². The summed E-state index contributed by atoms with van der Waals surface area (Å²) < 4.78 is 10.6. The molecule has 2 atom stereocenters. The zero-order valence-electron chi connectivity index (χ0n) is 15.4. The van der Waals surface area contributed by atoms with E-state index < -0.39 is 5.76 Å². The molecule has 0 amide bonds. The molecule has 0 spiro atoms. The van der Waals surface area contributed by atoms with E-state index in [1.54, 1.807) is 0 Å². The summed E-state index contributed by atoms with van der Waals surface area (Å²) in [7, 11) is 0. The Hall–Kier alpha value is -1.83. The molecule has 7 nitrogen and oxygen atoms in total. The molecule has 4 rings (SSSR count). The molecule has 1 N–H and O–H groups in total. The summed E-state index contributed by atoms with van der Waals surface area (Å²) in [6.07, 6.45) is 3.26. The van der Waals surface area contributed by atoms with E-state index in [-0.39, 0.29) is 6.10 Å². The lowest BCUT2D eigenvalue weighted by Gasteiger charge is -2.46. The van der Waals surface area contributed by atoms with Gasteiger partial charge in [0.25, 0.3) is 0 Å². The largest absolute Gasteiger partial charge is 0.440 e. The van der Waals surface area contributed by atoms with E-state index in [9.17, 15) is 4.79 Å². The SMILES string of the molecule is C[C@H]1CN(C2CCN(c3noc(=O)[nH]3)CC2)[C@@H](Cc2ccc(Cl)cc2)CO1. The van der Waals surface area contributed by atoms with Crippen LogP contribution >= 0.6 is 11.6 Å². The van der Waals surface area contributed by atoms with Crippen molar-refractivity contribution < 1.29 is 9.26 Å². The fraction of sp³-hybridized carbons (Fsp3) is 0.579. The topological polar surface area (TPSA) is 74.6 Å². The molecular formula is C19H25ClN4O3. The molecule has 0 saturated carbocycles. The van der Waals surface area contributed by atoms with Gasteiger partial charge in [-0.1, -0.05) is 23.7 Å². The van der Waals surface area contributed by atoms with E-state index in [1.807, 2.05) is 12.1 Å². The molecule has 8 heteroatoms. The van der Waals surface area contributed by atoms with Gasteiger partial charge in [-0.25, -0.2) is 4.79 Å². The first-order valence-electron chi connectivity index (χ1n) is 9.51. The van der Waals surface area contributed by atoms with Gasteiger partial charge in [-0.05, 0) is 49.0 Å². The second-order valence-electron chi connectivity index (χ2n) is 7.46. The molecule has 0 bridgehead atoms. The number of halogens is 1. The van der Waals surface area contributed by atoms with Crippen LogP contribution in [0.3, 0.4) is 0 Å². The van der Waals surface area contributed by atoms with Gasteiger partial charge in [0, 0.05) is 36.7 Å². The fourth-order valence-corrected chi connectivity index (χ4v) is 4.28. The maximum atomic E-state index is 11.2. The van der Waals surface area contributed by atoms with Crippen molar-refractivity contribution in [3.05, 3.63) is 45.4 Å². The van der Waals surface area contributed by atoms with Crippen molar-refractivity contribution in [2.24, 2.45) is 0 Å². The third-order valence-electron chi connectivity index (χ3n) is 5.56. The number of nitrogens with one attached hydrogen (secondary N) is 1. The summed E-state index contributed by atoms with van der Waals surface area (Å²) in [6.45, 7) is 5.55. The number of nitrogens with zero attached hydrogens (tertiary/aromatic N) is 3. The van der Waals surface area contributed by atoms with Crippen molar-refractivity contribution in [3.8, 4) is 0 Å². The van der Waals surface area contributed by atoms with E-state index in [2.05, 4.69) is 43.5 Å². The van der Waals surface area contributed by atoms with Crippen LogP contribution in [-0.4, -0.2) is 59.5 Å². The van der Waals surface area contributed by atoms with Gasteiger partial charge in [0.05, 0.1) is 12.7 Å². The van der Waals surface area contributed by atoms with Gasteiger partial charge in [0.15, 0.2) is 0 Å². The Balaban J connectivity index is 1.41. The molecular weight excluding hydrogens is 368 g/mol. The van der Waals surface area contributed by atoms with E-state index in [4.69, 9.17) is 16.3 Å². The first-order chi connectivity index (χ1) is 13.1. The van der Waals surface area contributed by atoms with Gasteiger partial charge < -0.3 is 9.64 Å². The molecule has 2 fully saturated rings. The molecule has 0 radical (unpaired) electrons. The van der Waals surface area contributed by atoms with Gasteiger partial charge in [-0.3, -0.25) is 14.4 Å². The Bertz CT molecular complexity index is 798. The predicted octanol–water partition coefficient (Wildman–Crippen LogP) is 2.32. The van der Waals surface area contributed by atoms with Crippen molar-refractivity contribution in [1.82, 2.24) is 15.0 Å². The number of hydrogen-bond donors (Lipinski definition) is 1. The van der Waals surface area contributed by atoms with Gasteiger partial charge in [0.1, 0.15) is 0 Å². The molecule has 2 saturated heterocycles. The predicted molar refractivity (Wildman–Crippen MR) is 103 cm³/mol. The zero-order chi connectivity index (χ0) is 18.8. The molecule has 3 heterocycles. The van der Waals surface area contributed by atoms with Crippen LogP contribution in [0.2, 0.25) is 5.02 Å². The number of aromatic nitrogens is 2. The second-order valence-corrected chi connectivity index (χ2v) is 7.90. The van der Waals surface area contributed by atoms with Crippen LogP contribution in [0.5, 0.6) is 0 Å². The van der Waals surface area contributed by atoms with Gasteiger partial charge >= 0.3 is 5.76 Å². The summed E-state index contributed by atoms with van der Waals surface area (Å²) >= 11 is 6.02. The minimum absolute atomic E-state index is 0.247. The lowest BCUT2D eigenvalue weighted by atomic mass is 9.96. The summed E-state index contributed by atoms with van der Waals surface area (Å²) in [5.74, 6) is 0.0312. The van der Waals surface area contributed by atoms with E-state index in [0.29, 0.717) is 18.0 Å². The maximum absolute atomic E-state index is 11.2. The first kappa shape index (κ1) is 18.5. The third kappa shape index (κ3) is 4.36. The number of aromatic amines is 1. The summed E-state index contributed by atoms with van der Waals surface area (Å²) in [4.78, 5) is 18.5. The standard InChI is InChI=1S/C19H25ClN4O3/c1-13-11-24(17(12-26-13)10-14-2-4-15(20)5-3-14)16-6-8-23(9-7-16)18-21-19(25)27-22-18/h2-5,13,16-17H,6-12H2,1H3,(H,21,22,25)/t13-,17-/m0/s1.